The Labute approximate surface area is 139 Å². The molecule has 0 spiro atoms. The summed E-state index contributed by atoms with van der Waals surface area (Å²) in [5.41, 5.74) is 1.82. The van der Waals surface area contributed by atoms with E-state index in [4.69, 9.17) is 5.11 Å². The molecule has 0 saturated heterocycles. The summed E-state index contributed by atoms with van der Waals surface area (Å²) in [7, 11) is 0. The fourth-order valence-electron chi connectivity index (χ4n) is 2.34. The lowest BCUT2D eigenvalue weighted by molar-refractivity contribution is 0.0697. The molecular formula is C18H18N4O2. The lowest BCUT2D eigenvalue weighted by Gasteiger charge is -2.11. The SMILES string of the molecule is CCCNc1nc(Nc2ccc(C(=O)O)cc2)nc2ccccc12. The Morgan fingerprint density at radius 2 is 1.83 bits per heavy atom. The van der Waals surface area contributed by atoms with E-state index in [1.807, 2.05) is 24.3 Å². The minimum Gasteiger partial charge on any atom is -0.478 e. The number of carboxylic acids is 1. The first kappa shape index (κ1) is 15.7. The molecule has 122 valence electrons. The molecule has 0 fully saturated rings. The maximum atomic E-state index is 10.9. The molecule has 6 nitrogen and oxygen atoms in total. The van der Waals surface area contributed by atoms with Crippen molar-refractivity contribution in [3.63, 3.8) is 0 Å². The van der Waals surface area contributed by atoms with E-state index in [-0.39, 0.29) is 5.56 Å². The van der Waals surface area contributed by atoms with Crippen LogP contribution in [0.3, 0.4) is 0 Å². The van der Waals surface area contributed by atoms with Gasteiger partial charge in [-0.05, 0) is 42.8 Å². The number of carbonyl (C=O) groups is 1. The van der Waals surface area contributed by atoms with Crippen LogP contribution in [-0.2, 0) is 0 Å². The zero-order chi connectivity index (χ0) is 16.9. The van der Waals surface area contributed by atoms with Gasteiger partial charge in [-0.15, -0.1) is 0 Å². The number of carboxylic acid groups (broad SMARTS) is 1. The Hall–Kier alpha value is -3.15. The van der Waals surface area contributed by atoms with Crippen LogP contribution in [0.2, 0.25) is 0 Å². The highest BCUT2D eigenvalue weighted by Gasteiger charge is 2.08. The van der Waals surface area contributed by atoms with Gasteiger partial charge in [-0.25, -0.2) is 9.78 Å². The average Bonchev–Trinajstić information content (AvgIpc) is 2.60. The summed E-state index contributed by atoms with van der Waals surface area (Å²) in [6.07, 6.45) is 0.998. The lowest BCUT2D eigenvalue weighted by Crippen LogP contribution is -2.06. The Kier molecular flexibility index (Phi) is 4.56. The van der Waals surface area contributed by atoms with Crippen molar-refractivity contribution in [2.24, 2.45) is 0 Å². The molecular weight excluding hydrogens is 304 g/mol. The number of hydrogen-bond acceptors (Lipinski definition) is 5. The van der Waals surface area contributed by atoms with Crippen molar-refractivity contribution in [3.05, 3.63) is 54.1 Å². The van der Waals surface area contributed by atoms with Gasteiger partial charge >= 0.3 is 5.97 Å². The van der Waals surface area contributed by atoms with Crippen molar-refractivity contribution in [2.75, 3.05) is 17.2 Å². The minimum absolute atomic E-state index is 0.241. The van der Waals surface area contributed by atoms with E-state index in [2.05, 4.69) is 27.5 Å². The van der Waals surface area contributed by atoms with Gasteiger partial charge in [0.05, 0.1) is 11.1 Å². The number of para-hydroxylation sites is 1. The number of aromatic carboxylic acids is 1. The van der Waals surface area contributed by atoms with Crippen molar-refractivity contribution in [1.82, 2.24) is 9.97 Å². The highest BCUT2D eigenvalue weighted by Crippen LogP contribution is 2.23. The lowest BCUT2D eigenvalue weighted by atomic mass is 10.2. The van der Waals surface area contributed by atoms with Crippen molar-refractivity contribution < 1.29 is 9.90 Å². The molecule has 0 bridgehead atoms. The molecule has 0 saturated carbocycles. The van der Waals surface area contributed by atoms with E-state index in [9.17, 15) is 4.79 Å². The third kappa shape index (κ3) is 3.43. The predicted molar refractivity (Wildman–Crippen MR) is 95.0 cm³/mol. The molecule has 24 heavy (non-hydrogen) atoms. The molecule has 0 aliphatic rings. The predicted octanol–water partition coefficient (Wildman–Crippen LogP) is 3.89. The van der Waals surface area contributed by atoms with E-state index in [1.165, 1.54) is 0 Å². The van der Waals surface area contributed by atoms with E-state index in [0.717, 1.165) is 35.4 Å². The highest BCUT2D eigenvalue weighted by atomic mass is 16.4. The maximum absolute atomic E-state index is 10.9. The Bertz CT molecular complexity index is 863. The number of benzene rings is 2. The first-order chi connectivity index (χ1) is 11.7. The number of aromatic nitrogens is 2. The number of nitrogens with one attached hydrogen (secondary N) is 2. The fourth-order valence-corrected chi connectivity index (χ4v) is 2.34. The van der Waals surface area contributed by atoms with Crippen LogP contribution in [0.25, 0.3) is 10.9 Å². The number of anilines is 3. The highest BCUT2D eigenvalue weighted by molar-refractivity contribution is 5.90. The second-order valence-electron chi connectivity index (χ2n) is 5.35. The molecule has 6 heteroatoms. The summed E-state index contributed by atoms with van der Waals surface area (Å²) >= 11 is 0. The zero-order valence-electron chi connectivity index (χ0n) is 13.3. The van der Waals surface area contributed by atoms with Crippen LogP contribution >= 0.6 is 0 Å². The van der Waals surface area contributed by atoms with Gasteiger partial charge in [0.25, 0.3) is 0 Å². The molecule has 3 aromatic rings. The second kappa shape index (κ2) is 6.95. The van der Waals surface area contributed by atoms with Crippen LogP contribution in [0.15, 0.2) is 48.5 Å². The summed E-state index contributed by atoms with van der Waals surface area (Å²) < 4.78 is 0. The van der Waals surface area contributed by atoms with Crippen LogP contribution in [0.1, 0.15) is 23.7 Å². The smallest absolute Gasteiger partial charge is 0.335 e. The first-order valence-electron chi connectivity index (χ1n) is 7.78. The van der Waals surface area contributed by atoms with Gasteiger partial charge in [0, 0.05) is 17.6 Å². The summed E-state index contributed by atoms with van der Waals surface area (Å²) in [5, 5.41) is 16.4. The molecule has 1 aromatic heterocycles. The van der Waals surface area contributed by atoms with E-state index < -0.39 is 5.97 Å². The number of fused-ring (bicyclic) bond motifs is 1. The van der Waals surface area contributed by atoms with Gasteiger partial charge in [-0.1, -0.05) is 19.1 Å². The van der Waals surface area contributed by atoms with Gasteiger partial charge in [0.15, 0.2) is 0 Å². The number of hydrogen-bond donors (Lipinski definition) is 3. The Balaban J connectivity index is 1.92. The second-order valence-corrected chi connectivity index (χ2v) is 5.35. The summed E-state index contributed by atoms with van der Waals surface area (Å²) in [6, 6.07) is 14.3. The molecule has 2 aromatic carbocycles. The topological polar surface area (TPSA) is 87.1 Å². The summed E-state index contributed by atoms with van der Waals surface area (Å²) in [5.74, 6) is 0.303. The van der Waals surface area contributed by atoms with Gasteiger partial charge in [-0.3, -0.25) is 0 Å². The van der Waals surface area contributed by atoms with Crippen molar-refractivity contribution in [3.8, 4) is 0 Å². The standard InChI is InChI=1S/C18H18N4O2/c1-2-11-19-16-14-5-3-4-6-15(14)21-18(22-16)20-13-9-7-12(8-10-13)17(23)24/h3-10H,2,11H2,1H3,(H,23,24)(H2,19,20,21,22). The van der Waals surface area contributed by atoms with Crippen LogP contribution in [0.5, 0.6) is 0 Å². The monoisotopic (exact) mass is 322 g/mol. The normalized spacial score (nSPS) is 10.5. The van der Waals surface area contributed by atoms with E-state index in [1.54, 1.807) is 24.3 Å². The Morgan fingerprint density at radius 1 is 1.08 bits per heavy atom. The number of rotatable bonds is 6. The first-order valence-corrected chi connectivity index (χ1v) is 7.78. The average molecular weight is 322 g/mol. The van der Waals surface area contributed by atoms with Crippen LogP contribution in [0, 0.1) is 0 Å². The van der Waals surface area contributed by atoms with Crippen LogP contribution in [0.4, 0.5) is 17.5 Å². The van der Waals surface area contributed by atoms with Gasteiger partial charge in [0.2, 0.25) is 5.95 Å². The number of nitrogens with zero attached hydrogens (tertiary/aromatic N) is 2. The van der Waals surface area contributed by atoms with Gasteiger partial charge < -0.3 is 15.7 Å². The molecule has 0 aliphatic heterocycles. The Morgan fingerprint density at radius 3 is 2.54 bits per heavy atom. The molecule has 0 atom stereocenters. The van der Waals surface area contributed by atoms with Crippen molar-refractivity contribution in [1.29, 1.82) is 0 Å². The molecule has 0 unspecified atom stereocenters. The molecule has 3 N–H and O–H groups in total. The van der Waals surface area contributed by atoms with E-state index in [0.29, 0.717) is 5.95 Å². The summed E-state index contributed by atoms with van der Waals surface area (Å²) in [4.78, 5) is 20.0. The third-order valence-electron chi connectivity index (χ3n) is 3.53. The third-order valence-corrected chi connectivity index (χ3v) is 3.53. The van der Waals surface area contributed by atoms with Gasteiger partial charge in [-0.2, -0.15) is 4.98 Å². The van der Waals surface area contributed by atoms with Crippen molar-refractivity contribution >= 4 is 34.3 Å². The minimum atomic E-state index is -0.949. The largest absolute Gasteiger partial charge is 0.478 e. The van der Waals surface area contributed by atoms with Crippen LogP contribution in [-0.4, -0.2) is 27.6 Å². The molecule has 0 aliphatic carbocycles. The van der Waals surface area contributed by atoms with Crippen molar-refractivity contribution in [2.45, 2.75) is 13.3 Å². The summed E-state index contributed by atoms with van der Waals surface area (Å²) in [6.45, 7) is 2.92. The maximum Gasteiger partial charge on any atom is 0.335 e. The molecule has 0 amide bonds. The molecule has 0 radical (unpaired) electrons. The van der Waals surface area contributed by atoms with Crippen LogP contribution < -0.4 is 10.6 Å². The van der Waals surface area contributed by atoms with Gasteiger partial charge in [0.1, 0.15) is 5.82 Å². The molecule has 3 rings (SSSR count). The quantitative estimate of drug-likeness (QED) is 0.638. The van der Waals surface area contributed by atoms with E-state index >= 15 is 0 Å². The molecule has 1 heterocycles. The fraction of sp³-hybridized carbons (Fsp3) is 0.167. The zero-order valence-corrected chi connectivity index (χ0v) is 13.3.